The number of rotatable bonds is 5. The number of hydroxylamine groups is 2. The van der Waals surface area contributed by atoms with Gasteiger partial charge in [0.15, 0.2) is 0 Å². The summed E-state index contributed by atoms with van der Waals surface area (Å²) in [5.74, 6) is 2.66. The van der Waals surface area contributed by atoms with Gasteiger partial charge < -0.3 is 19.7 Å². The Morgan fingerprint density at radius 1 is 1.11 bits per heavy atom. The molecule has 0 amide bonds. The van der Waals surface area contributed by atoms with Crippen molar-refractivity contribution in [1.29, 1.82) is 0 Å². The molecule has 1 atom stereocenters. The zero-order valence-corrected chi connectivity index (χ0v) is 15.5. The topological polar surface area (TPSA) is 60.9 Å². The van der Waals surface area contributed by atoms with Crippen molar-refractivity contribution in [3.63, 3.8) is 0 Å². The Morgan fingerprint density at radius 2 is 1.93 bits per heavy atom. The Kier molecular flexibility index (Phi) is 4.79. The summed E-state index contributed by atoms with van der Waals surface area (Å²) in [5.41, 5.74) is 7.91. The van der Waals surface area contributed by atoms with Crippen molar-refractivity contribution in [3.05, 3.63) is 89.0 Å². The van der Waals surface area contributed by atoms with E-state index in [4.69, 9.17) is 31.3 Å². The van der Waals surface area contributed by atoms with Crippen LogP contribution in [0, 0.1) is 0 Å². The Labute approximate surface area is 162 Å². The highest BCUT2D eigenvalue weighted by Crippen LogP contribution is 2.35. The summed E-state index contributed by atoms with van der Waals surface area (Å²) >= 11 is 6.08. The fraction of sp³-hybridized carbons (Fsp3) is 0.143. The van der Waals surface area contributed by atoms with Gasteiger partial charge in [0.05, 0.1) is 13.7 Å². The second kappa shape index (κ2) is 7.39. The molecule has 3 aromatic rings. The molecule has 1 aliphatic rings. The van der Waals surface area contributed by atoms with Gasteiger partial charge >= 0.3 is 0 Å². The maximum Gasteiger partial charge on any atom is 0.207 e. The number of hydrogen-bond acceptors (Lipinski definition) is 5. The number of hydrogen-bond donors (Lipinski definition) is 1. The molecule has 1 aromatic heterocycles. The highest BCUT2D eigenvalue weighted by molar-refractivity contribution is 6.30. The molecule has 0 radical (unpaired) electrons. The molecule has 2 aromatic carbocycles. The fourth-order valence-corrected chi connectivity index (χ4v) is 3.23. The van der Waals surface area contributed by atoms with E-state index in [1.165, 1.54) is 0 Å². The molecular formula is C21H19ClN2O3. The predicted octanol–water partition coefficient (Wildman–Crippen LogP) is 4.90. The lowest BCUT2D eigenvalue weighted by Crippen LogP contribution is -2.22. The molecule has 4 rings (SSSR count). The van der Waals surface area contributed by atoms with Crippen LogP contribution in [0.15, 0.2) is 77.0 Å². The molecule has 0 bridgehead atoms. The first kappa shape index (κ1) is 17.5. The lowest BCUT2D eigenvalue weighted by molar-refractivity contribution is -0.131. The van der Waals surface area contributed by atoms with Gasteiger partial charge in [0.25, 0.3) is 0 Å². The number of benzene rings is 2. The van der Waals surface area contributed by atoms with Crippen LogP contribution in [0.5, 0.6) is 5.75 Å². The first-order valence-electron chi connectivity index (χ1n) is 8.53. The monoisotopic (exact) mass is 382 g/mol. The Bertz CT molecular complexity index is 966. The van der Waals surface area contributed by atoms with Gasteiger partial charge in [0, 0.05) is 16.7 Å². The number of halogens is 1. The third-order valence-electron chi connectivity index (χ3n) is 4.38. The number of nitrogens with zero attached hydrogens (tertiary/aromatic N) is 1. The van der Waals surface area contributed by atoms with Gasteiger partial charge in [-0.25, -0.2) is 0 Å². The summed E-state index contributed by atoms with van der Waals surface area (Å²) in [4.78, 5) is 5.68. The first-order valence-corrected chi connectivity index (χ1v) is 8.91. The predicted molar refractivity (Wildman–Crippen MR) is 104 cm³/mol. The third-order valence-corrected chi connectivity index (χ3v) is 4.62. The largest absolute Gasteiger partial charge is 0.497 e. The van der Waals surface area contributed by atoms with Gasteiger partial charge in [-0.3, -0.25) is 0 Å². The van der Waals surface area contributed by atoms with Crippen molar-refractivity contribution >= 4 is 11.6 Å². The van der Waals surface area contributed by atoms with E-state index in [1.807, 2.05) is 66.7 Å². The van der Waals surface area contributed by atoms with Crippen LogP contribution in [0.2, 0.25) is 5.02 Å². The minimum Gasteiger partial charge on any atom is -0.497 e. The van der Waals surface area contributed by atoms with E-state index in [9.17, 15) is 0 Å². The molecule has 27 heavy (non-hydrogen) atoms. The van der Waals surface area contributed by atoms with Gasteiger partial charge in [-0.15, -0.1) is 5.06 Å². The molecule has 0 aliphatic carbocycles. The average Bonchev–Trinajstić information content (AvgIpc) is 3.29. The second-order valence-corrected chi connectivity index (χ2v) is 6.68. The van der Waals surface area contributed by atoms with Gasteiger partial charge in [-0.2, -0.15) is 0 Å². The molecule has 0 fully saturated rings. The molecule has 2 N–H and O–H groups in total. The van der Waals surface area contributed by atoms with Crippen molar-refractivity contribution in [2.45, 2.75) is 12.6 Å². The summed E-state index contributed by atoms with van der Waals surface area (Å²) in [6.45, 7) is 0.555. The quantitative estimate of drug-likeness (QED) is 0.680. The lowest BCUT2D eigenvalue weighted by Gasteiger charge is -2.21. The minimum absolute atomic E-state index is 0.208. The van der Waals surface area contributed by atoms with Crippen LogP contribution in [-0.2, 0) is 11.4 Å². The summed E-state index contributed by atoms with van der Waals surface area (Å²) in [5, 5.41) is 2.46. The molecule has 6 heteroatoms. The van der Waals surface area contributed by atoms with E-state index >= 15 is 0 Å². The smallest absolute Gasteiger partial charge is 0.207 e. The van der Waals surface area contributed by atoms with E-state index in [2.05, 4.69) is 0 Å². The van der Waals surface area contributed by atoms with Crippen molar-refractivity contribution in [2.24, 2.45) is 5.73 Å². The first-order chi connectivity index (χ1) is 13.1. The minimum atomic E-state index is -0.208. The van der Waals surface area contributed by atoms with Crippen LogP contribution in [0.25, 0.3) is 11.3 Å². The van der Waals surface area contributed by atoms with Crippen LogP contribution in [0.1, 0.15) is 17.4 Å². The van der Waals surface area contributed by atoms with E-state index in [0.717, 1.165) is 28.4 Å². The maximum atomic E-state index is 6.08. The third kappa shape index (κ3) is 3.79. The van der Waals surface area contributed by atoms with E-state index in [-0.39, 0.29) is 6.04 Å². The fourth-order valence-electron chi connectivity index (χ4n) is 3.04. The molecule has 0 saturated heterocycles. The molecule has 2 heterocycles. The lowest BCUT2D eigenvalue weighted by atomic mass is 10.1. The maximum absolute atomic E-state index is 6.08. The van der Waals surface area contributed by atoms with Crippen LogP contribution in [0.3, 0.4) is 0 Å². The molecule has 0 spiro atoms. The highest BCUT2D eigenvalue weighted by Gasteiger charge is 2.30. The molecule has 5 nitrogen and oxygen atoms in total. The van der Waals surface area contributed by atoms with Gasteiger partial charge in [0.1, 0.15) is 23.3 Å². The zero-order valence-electron chi connectivity index (χ0n) is 14.8. The number of ether oxygens (including phenoxy) is 1. The van der Waals surface area contributed by atoms with E-state index in [1.54, 1.807) is 12.2 Å². The normalized spacial score (nSPS) is 16.8. The van der Waals surface area contributed by atoms with Crippen LogP contribution < -0.4 is 10.5 Å². The summed E-state index contributed by atoms with van der Waals surface area (Å²) < 4.78 is 11.3. The molecular weight excluding hydrogens is 364 g/mol. The van der Waals surface area contributed by atoms with E-state index in [0.29, 0.717) is 17.5 Å². The Hall–Kier alpha value is -2.89. The average molecular weight is 383 g/mol. The van der Waals surface area contributed by atoms with Crippen molar-refractivity contribution in [2.75, 3.05) is 7.11 Å². The summed E-state index contributed by atoms with van der Waals surface area (Å²) in [6, 6.07) is 19.0. The van der Waals surface area contributed by atoms with E-state index < -0.39 is 0 Å². The van der Waals surface area contributed by atoms with Crippen molar-refractivity contribution < 1.29 is 14.0 Å². The van der Waals surface area contributed by atoms with Crippen LogP contribution in [-0.4, -0.2) is 12.2 Å². The van der Waals surface area contributed by atoms with Gasteiger partial charge in [0.2, 0.25) is 5.88 Å². The molecule has 138 valence electrons. The number of methoxy groups -OCH3 is 1. The molecule has 1 unspecified atom stereocenters. The van der Waals surface area contributed by atoms with Crippen molar-refractivity contribution in [1.82, 2.24) is 5.06 Å². The summed E-state index contributed by atoms with van der Waals surface area (Å²) in [6.07, 6.45) is 1.84. The molecule has 1 aliphatic heterocycles. The number of nitrogens with two attached hydrogens (primary N) is 1. The number of furan rings is 1. The molecule has 0 saturated carbocycles. The van der Waals surface area contributed by atoms with Gasteiger partial charge in [-0.05, 0) is 42.0 Å². The zero-order chi connectivity index (χ0) is 18.8. The van der Waals surface area contributed by atoms with Gasteiger partial charge in [-0.1, -0.05) is 35.9 Å². The highest BCUT2D eigenvalue weighted by atomic mass is 35.5. The Balaban J connectivity index is 1.55. The van der Waals surface area contributed by atoms with Crippen LogP contribution >= 0.6 is 11.6 Å². The second-order valence-electron chi connectivity index (χ2n) is 6.24. The van der Waals surface area contributed by atoms with Crippen LogP contribution in [0.4, 0.5) is 0 Å². The van der Waals surface area contributed by atoms with Crippen molar-refractivity contribution in [3.8, 4) is 17.1 Å². The summed E-state index contributed by atoms with van der Waals surface area (Å²) in [7, 11) is 1.65. The Morgan fingerprint density at radius 3 is 2.67 bits per heavy atom. The standard InChI is InChI=1S/C21H19ClN2O3/c1-25-17-7-5-14(6-8-17)13-24-18(12-21(23)27-24)20-10-9-19(26-20)15-3-2-4-16(22)11-15/h2-12,18H,13,23H2,1H3. The SMILES string of the molecule is COc1ccc(CN2OC(N)=CC2c2ccc(-c3cccc(Cl)c3)o2)cc1.